The van der Waals surface area contributed by atoms with Crippen molar-refractivity contribution in [1.82, 2.24) is 0 Å². The van der Waals surface area contributed by atoms with Crippen LogP contribution in [0.3, 0.4) is 0 Å². The van der Waals surface area contributed by atoms with E-state index in [4.69, 9.17) is 16.3 Å². The molecule has 0 N–H and O–H groups in total. The lowest BCUT2D eigenvalue weighted by Gasteiger charge is -2.09. The van der Waals surface area contributed by atoms with Crippen molar-refractivity contribution in [3.05, 3.63) is 64.7 Å². The Labute approximate surface area is 127 Å². The summed E-state index contributed by atoms with van der Waals surface area (Å²) in [6, 6.07) is 8.82. The Bertz CT molecular complexity index is 702. The van der Waals surface area contributed by atoms with E-state index in [0.29, 0.717) is 11.3 Å². The molecule has 0 unspecified atom stereocenters. The van der Waals surface area contributed by atoms with Crippen LogP contribution in [0.5, 0.6) is 5.75 Å². The van der Waals surface area contributed by atoms with Gasteiger partial charge in [0.05, 0.1) is 5.88 Å². The standard InChI is InChI=1S/C17H13ClF2O/c1-12-9-16(7-5-13(12)3-2-8-18)21-11-14-4-6-15(19)10-17(14)20/h4-7,9-10H,8,11H2,1H3. The van der Waals surface area contributed by atoms with Gasteiger partial charge in [-0.15, -0.1) is 11.6 Å². The van der Waals surface area contributed by atoms with Gasteiger partial charge < -0.3 is 4.74 Å². The molecule has 0 heterocycles. The van der Waals surface area contributed by atoms with Crippen LogP contribution in [0, 0.1) is 30.4 Å². The fraction of sp³-hybridized carbons (Fsp3) is 0.176. The first-order chi connectivity index (χ1) is 10.1. The Hall–Kier alpha value is -2.05. The van der Waals surface area contributed by atoms with Crippen LogP contribution in [-0.4, -0.2) is 5.88 Å². The highest BCUT2D eigenvalue weighted by atomic mass is 35.5. The number of aryl methyl sites for hydroxylation is 1. The van der Waals surface area contributed by atoms with E-state index < -0.39 is 11.6 Å². The second-order valence-electron chi connectivity index (χ2n) is 4.44. The number of halogens is 3. The molecule has 0 saturated heterocycles. The van der Waals surface area contributed by atoms with Gasteiger partial charge >= 0.3 is 0 Å². The summed E-state index contributed by atoms with van der Waals surface area (Å²) >= 11 is 5.52. The van der Waals surface area contributed by atoms with Gasteiger partial charge in [0.15, 0.2) is 0 Å². The minimum atomic E-state index is -0.615. The van der Waals surface area contributed by atoms with E-state index in [1.54, 1.807) is 6.07 Å². The van der Waals surface area contributed by atoms with Gasteiger partial charge in [0.1, 0.15) is 24.0 Å². The molecule has 21 heavy (non-hydrogen) atoms. The van der Waals surface area contributed by atoms with Crippen LogP contribution in [0.1, 0.15) is 16.7 Å². The maximum absolute atomic E-state index is 13.5. The minimum Gasteiger partial charge on any atom is -0.489 e. The molecule has 0 aliphatic carbocycles. The van der Waals surface area contributed by atoms with Crippen molar-refractivity contribution in [2.45, 2.75) is 13.5 Å². The van der Waals surface area contributed by atoms with Crippen molar-refractivity contribution in [3.8, 4) is 17.6 Å². The topological polar surface area (TPSA) is 9.23 Å². The van der Waals surface area contributed by atoms with E-state index in [1.807, 2.05) is 19.1 Å². The predicted octanol–water partition coefficient (Wildman–Crippen LogP) is 4.44. The first-order valence-electron chi connectivity index (χ1n) is 6.32. The van der Waals surface area contributed by atoms with Crippen molar-refractivity contribution in [2.75, 3.05) is 5.88 Å². The molecule has 2 aromatic rings. The summed E-state index contributed by atoms with van der Waals surface area (Å²) in [5.41, 5.74) is 2.13. The van der Waals surface area contributed by atoms with Crippen LogP contribution in [0.2, 0.25) is 0 Å². The van der Waals surface area contributed by atoms with E-state index in [2.05, 4.69) is 11.8 Å². The van der Waals surface area contributed by atoms with Gasteiger partial charge in [-0.2, -0.15) is 0 Å². The molecule has 0 spiro atoms. The number of rotatable bonds is 3. The normalized spacial score (nSPS) is 9.90. The van der Waals surface area contributed by atoms with E-state index in [-0.39, 0.29) is 12.5 Å². The van der Waals surface area contributed by atoms with Crippen molar-refractivity contribution in [1.29, 1.82) is 0 Å². The molecule has 0 aromatic heterocycles. The quantitative estimate of drug-likeness (QED) is 0.601. The molecule has 0 fully saturated rings. The number of ether oxygens (including phenoxy) is 1. The fourth-order valence-corrected chi connectivity index (χ4v) is 1.86. The summed E-state index contributed by atoms with van der Waals surface area (Å²) in [5.74, 6) is 5.39. The SMILES string of the molecule is Cc1cc(OCc2ccc(F)cc2F)ccc1C#CCCl. The number of hydrogen-bond donors (Lipinski definition) is 0. The molecule has 0 aliphatic heterocycles. The largest absolute Gasteiger partial charge is 0.489 e. The van der Waals surface area contributed by atoms with Gasteiger partial charge in [-0.05, 0) is 42.8 Å². The first-order valence-corrected chi connectivity index (χ1v) is 6.86. The Kier molecular flexibility index (Phi) is 5.19. The lowest BCUT2D eigenvalue weighted by molar-refractivity contribution is 0.299. The lowest BCUT2D eigenvalue weighted by atomic mass is 10.1. The molecule has 1 nitrogen and oxygen atoms in total. The molecule has 4 heteroatoms. The van der Waals surface area contributed by atoms with Crippen LogP contribution in [-0.2, 0) is 6.61 Å². The molecular weight excluding hydrogens is 294 g/mol. The summed E-state index contributed by atoms with van der Waals surface area (Å²) in [5, 5.41) is 0. The van der Waals surface area contributed by atoms with Crippen molar-refractivity contribution in [2.24, 2.45) is 0 Å². The zero-order valence-corrected chi connectivity index (χ0v) is 12.2. The second-order valence-corrected chi connectivity index (χ2v) is 4.70. The molecule has 0 aliphatic rings. The van der Waals surface area contributed by atoms with Gasteiger partial charge in [-0.1, -0.05) is 11.8 Å². The highest BCUT2D eigenvalue weighted by molar-refractivity contribution is 6.19. The third-order valence-electron chi connectivity index (χ3n) is 2.90. The minimum absolute atomic E-state index is 0.0399. The first kappa shape index (κ1) is 15.3. The average molecular weight is 307 g/mol. The maximum atomic E-state index is 13.5. The van der Waals surface area contributed by atoms with E-state index in [1.165, 1.54) is 12.1 Å². The molecule has 0 amide bonds. The van der Waals surface area contributed by atoms with E-state index in [0.717, 1.165) is 17.2 Å². The summed E-state index contributed by atoms with van der Waals surface area (Å²) < 4.78 is 31.8. The summed E-state index contributed by atoms with van der Waals surface area (Å²) in [4.78, 5) is 0. The van der Waals surface area contributed by atoms with Crippen LogP contribution in [0.25, 0.3) is 0 Å². The Morgan fingerprint density at radius 2 is 1.95 bits per heavy atom. The zero-order valence-electron chi connectivity index (χ0n) is 11.4. The van der Waals surface area contributed by atoms with Gasteiger partial charge in [-0.25, -0.2) is 8.78 Å². The average Bonchev–Trinajstić information content (AvgIpc) is 2.45. The Morgan fingerprint density at radius 1 is 1.14 bits per heavy atom. The fourth-order valence-electron chi connectivity index (χ4n) is 1.79. The van der Waals surface area contributed by atoms with E-state index >= 15 is 0 Å². The molecule has 0 radical (unpaired) electrons. The van der Waals surface area contributed by atoms with Crippen LogP contribution >= 0.6 is 11.6 Å². The van der Waals surface area contributed by atoms with Crippen molar-refractivity contribution >= 4 is 11.6 Å². The highest BCUT2D eigenvalue weighted by Gasteiger charge is 2.05. The van der Waals surface area contributed by atoms with Crippen molar-refractivity contribution in [3.63, 3.8) is 0 Å². The number of benzene rings is 2. The molecule has 0 atom stereocenters. The number of hydrogen-bond acceptors (Lipinski definition) is 1. The highest BCUT2D eigenvalue weighted by Crippen LogP contribution is 2.19. The van der Waals surface area contributed by atoms with Gasteiger partial charge in [0, 0.05) is 17.2 Å². The molecule has 0 saturated carbocycles. The predicted molar refractivity (Wildman–Crippen MR) is 79.5 cm³/mol. The van der Waals surface area contributed by atoms with Gasteiger partial charge in [0.2, 0.25) is 0 Å². The third-order valence-corrected chi connectivity index (χ3v) is 3.03. The van der Waals surface area contributed by atoms with Gasteiger partial charge in [0.25, 0.3) is 0 Å². The Morgan fingerprint density at radius 3 is 2.62 bits per heavy atom. The molecular formula is C17H13ClF2O. The summed E-state index contributed by atoms with van der Waals surface area (Å²) in [6.07, 6.45) is 0. The monoisotopic (exact) mass is 306 g/mol. The summed E-state index contributed by atoms with van der Waals surface area (Å²) in [6.45, 7) is 1.95. The smallest absolute Gasteiger partial charge is 0.132 e. The van der Waals surface area contributed by atoms with Crippen LogP contribution in [0.15, 0.2) is 36.4 Å². The third kappa shape index (κ3) is 4.21. The number of alkyl halides is 1. The second kappa shape index (κ2) is 7.10. The van der Waals surface area contributed by atoms with Gasteiger partial charge in [-0.3, -0.25) is 0 Å². The lowest BCUT2D eigenvalue weighted by Crippen LogP contribution is -1.99. The molecule has 0 bridgehead atoms. The van der Waals surface area contributed by atoms with Crippen molar-refractivity contribution < 1.29 is 13.5 Å². The zero-order chi connectivity index (χ0) is 15.2. The molecule has 2 aromatic carbocycles. The van der Waals surface area contributed by atoms with Crippen LogP contribution < -0.4 is 4.74 Å². The molecule has 108 valence electrons. The molecule has 2 rings (SSSR count). The Balaban J connectivity index is 2.08. The summed E-state index contributed by atoms with van der Waals surface area (Å²) in [7, 11) is 0. The van der Waals surface area contributed by atoms with E-state index in [9.17, 15) is 8.78 Å². The van der Waals surface area contributed by atoms with Crippen LogP contribution in [0.4, 0.5) is 8.78 Å². The maximum Gasteiger partial charge on any atom is 0.132 e.